The normalized spacial score (nSPS) is 16.6. The number of carbonyl (C=O) groups is 5. The van der Waals surface area contributed by atoms with E-state index in [1.165, 1.54) is 12.5 Å². The molecule has 2 atom stereocenters. The van der Waals surface area contributed by atoms with E-state index in [1.807, 2.05) is 70.2 Å². The molecule has 0 saturated carbocycles. The van der Waals surface area contributed by atoms with Gasteiger partial charge in [-0.25, -0.2) is 14.8 Å². The molecular formula is C54H69N11O9. The van der Waals surface area contributed by atoms with Crippen molar-refractivity contribution in [3.05, 3.63) is 113 Å². The number of aromatic nitrogens is 2. The molecule has 1 aromatic heterocycles. The molecule has 3 aliphatic heterocycles. The Morgan fingerprint density at radius 1 is 0.878 bits per heavy atom. The van der Waals surface area contributed by atoms with Crippen LogP contribution in [0.4, 0.5) is 16.2 Å². The maximum atomic E-state index is 13.7. The first-order valence-electron chi connectivity index (χ1n) is 25.4. The number of anilines is 2. The van der Waals surface area contributed by atoms with E-state index in [9.17, 15) is 29.4 Å². The van der Waals surface area contributed by atoms with Gasteiger partial charge in [-0.3, -0.25) is 35.3 Å². The van der Waals surface area contributed by atoms with E-state index in [2.05, 4.69) is 36.6 Å². The van der Waals surface area contributed by atoms with E-state index in [-0.39, 0.29) is 41.9 Å². The SMILES string of the molecule is C[C@@H](NC(=O)c1cccc(NC2(C(=N)NC(=N)c3ccncn3)CCN(C(=O)OC(C)(C)C)CC2)c1)c1cccc(OCCCCCCOCCOCCNc2ccc3c(c2)CN(C2CCC(=O)NC2=O)C3=O)c1. The quantitative estimate of drug-likeness (QED) is 0.0179. The fraction of sp³-hybridized carbons (Fsp3) is 0.463. The van der Waals surface area contributed by atoms with Crippen molar-refractivity contribution in [1.29, 1.82) is 10.8 Å². The van der Waals surface area contributed by atoms with Gasteiger partial charge in [-0.15, -0.1) is 0 Å². The average molecular weight is 1020 g/mol. The summed E-state index contributed by atoms with van der Waals surface area (Å²) in [7, 11) is 0. The van der Waals surface area contributed by atoms with Gasteiger partial charge in [-0.05, 0) is 132 Å². The number of hydrogen-bond acceptors (Lipinski definition) is 15. The summed E-state index contributed by atoms with van der Waals surface area (Å²) in [5.74, 6) is -0.505. The summed E-state index contributed by atoms with van der Waals surface area (Å²) >= 11 is 0. The summed E-state index contributed by atoms with van der Waals surface area (Å²) < 4.78 is 23.2. The molecule has 0 spiro atoms. The molecule has 7 N–H and O–H groups in total. The molecule has 20 nitrogen and oxygen atoms in total. The minimum Gasteiger partial charge on any atom is -0.494 e. The van der Waals surface area contributed by atoms with Crippen LogP contribution < -0.4 is 31.3 Å². The van der Waals surface area contributed by atoms with Gasteiger partial charge < -0.3 is 50.0 Å². The van der Waals surface area contributed by atoms with Gasteiger partial charge >= 0.3 is 6.09 Å². The van der Waals surface area contributed by atoms with Gasteiger partial charge in [0.15, 0.2) is 0 Å². The number of hydrogen-bond donors (Lipinski definition) is 7. The molecule has 394 valence electrons. The highest BCUT2D eigenvalue weighted by Crippen LogP contribution is 2.31. The highest BCUT2D eigenvalue weighted by atomic mass is 16.6. The second kappa shape index (κ2) is 25.5. The van der Waals surface area contributed by atoms with Gasteiger partial charge in [0.25, 0.3) is 11.8 Å². The minimum absolute atomic E-state index is 0.0297. The van der Waals surface area contributed by atoms with Crippen LogP contribution in [0.3, 0.4) is 0 Å². The third kappa shape index (κ3) is 15.1. The van der Waals surface area contributed by atoms with Crippen LogP contribution in [0.2, 0.25) is 0 Å². The molecule has 1 unspecified atom stereocenters. The van der Waals surface area contributed by atoms with Gasteiger partial charge in [-0.1, -0.05) is 24.6 Å². The summed E-state index contributed by atoms with van der Waals surface area (Å²) in [5.41, 5.74) is 2.86. The highest BCUT2D eigenvalue weighted by molar-refractivity contribution is 6.10. The summed E-state index contributed by atoms with van der Waals surface area (Å²) in [6.45, 7) is 11.6. The monoisotopic (exact) mass is 1020 g/mol. The van der Waals surface area contributed by atoms with E-state index < -0.39 is 29.2 Å². The summed E-state index contributed by atoms with van der Waals surface area (Å²) in [4.78, 5) is 74.7. The Bertz CT molecular complexity index is 2640. The molecule has 20 heteroatoms. The molecule has 2 fully saturated rings. The lowest BCUT2D eigenvalue weighted by Crippen LogP contribution is -2.60. The Morgan fingerprint density at radius 3 is 2.38 bits per heavy atom. The Labute approximate surface area is 432 Å². The van der Waals surface area contributed by atoms with Gasteiger partial charge in [0, 0.05) is 67.9 Å². The lowest BCUT2D eigenvalue weighted by atomic mass is 9.85. The minimum atomic E-state index is -1.01. The molecule has 7 rings (SSSR count). The molecule has 0 aliphatic carbocycles. The summed E-state index contributed by atoms with van der Waals surface area (Å²) in [6.07, 6.45) is 7.48. The molecular weight excluding hydrogens is 947 g/mol. The number of amides is 5. The van der Waals surface area contributed by atoms with Gasteiger partial charge in [0.05, 0.1) is 38.0 Å². The van der Waals surface area contributed by atoms with Gasteiger partial charge in [0.2, 0.25) is 11.8 Å². The van der Waals surface area contributed by atoms with Crippen molar-refractivity contribution in [3.63, 3.8) is 0 Å². The maximum Gasteiger partial charge on any atom is 0.410 e. The highest BCUT2D eigenvalue weighted by Gasteiger charge is 2.42. The predicted molar refractivity (Wildman–Crippen MR) is 278 cm³/mol. The van der Waals surface area contributed by atoms with Crippen molar-refractivity contribution in [2.45, 2.75) is 109 Å². The first-order chi connectivity index (χ1) is 35.6. The topological polar surface area (TPSA) is 262 Å². The second-order valence-electron chi connectivity index (χ2n) is 19.7. The molecule has 4 heterocycles. The molecule has 2 saturated heterocycles. The van der Waals surface area contributed by atoms with E-state index in [4.69, 9.17) is 24.4 Å². The molecule has 0 radical (unpaired) electrons. The Morgan fingerprint density at radius 2 is 1.64 bits per heavy atom. The first kappa shape index (κ1) is 54.3. The average Bonchev–Trinajstić information content (AvgIpc) is 3.70. The lowest BCUT2D eigenvalue weighted by molar-refractivity contribution is -0.136. The van der Waals surface area contributed by atoms with Crippen molar-refractivity contribution in [1.82, 2.24) is 35.7 Å². The van der Waals surface area contributed by atoms with Crippen molar-refractivity contribution in [2.75, 3.05) is 63.3 Å². The Hall–Kier alpha value is -7.45. The van der Waals surface area contributed by atoms with E-state index >= 15 is 0 Å². The number of piperidine rings is 2. The molecule has 3 aromatic carbocycles. The van der Waals surface area contributed by atoms with Crippen molar-refractivity contribution in [3.8, 4) is 5.75 Å². The lowest BCUT2D eigenvalue weighted by Gasteiger charge is -2.43. The fourth-order valence-electron chi connectivity index (χ4n) is 8.96. The smallest absolute Gasteiger partial charge is 0.410 e. The van der Waals surface area contributed by atoms with Crippen molar-refractivity contribution < 1.29 is 42.9 Å². The molecule has 5 amide bonds. The maximum absolute atomic E-state index is 13.7. The van der Waals surface area contributed by atoms with Crippen LogP contribution in [0, 0.1) is 10.8 Å². The fourth-order valence-corrected chi connectivity index (χ4v) is 8.96. The molecule has 0 bridgehead atoms. The number of rotatable bonds is 23. The van der Waals surface area contributed by atoms with Crippen LogP contribution in [0.5, 0.6) is 5.75 Å². The molecule has 4 aromatic rings. The third-order valence-corrected chi connectivity index (χ3v) is 13.0. The van der Waals surface area contributed by atoms with E-state index in [0.29, 0.717) is 101 Å². The number of unbranched alkanes of at least 4 members (excludes halogenated alkanes) is 3. The first-order valence-corrected chi connectivity index (χ1v) is 25.4. The van der Waals surface area contributed by atoms with E-state index in [0.717, 1.165) is 48.2 Å². The van der Waals surface area contributed by atoms with Crippen molar-refractivity contribution >= 4 is 52.8 Å². The second-order valence-corrected chi connectivity index (χ2v) is 19.7. The van der Waals surface area contributed by atoms with Crippen LogP contribution in [-0.2, 0) is 30.3 Å². The van der Waals surface area contributed by atoms with Crippen LogP contribution in [-0.4, -0.2) is 131 Å². The Balaban J connectivity index is 0.772. The predicted octanol–water partition coefficient (Wildman–Crippen LogP) is 6.59. The Kier molecular flexibility index (Phi) is 18.7. The number of likely N-dealkylation sites (tertiary alicyclic amines) is 1. The zero-order valence-corrected chi connectivity index (χ0v) is 42.7. The summed E-state index contributed by atoms with van der Waals surface area (Å²) in [6, 6.07) is 20.9. The zero-order chi connectivity index (χ0) is 52.7. The van der Waals surface area contributed by atoms with E-state index in [1.54, 1.807) is 40.1 Å². The van der Waals surface area contributed by atoms with Crippen LogP contribution in [0.15, 0.2) is 85.3 Å². The molecule has 3 aliphatic rings. The zero-order valence-electron chi connectivity index (χ0n) is 42.7. The number of nitrogens with one attached hydrogen (secondary N) is 7. The number of carbonyl (C=O) groups excluding carboxylic acids is 5. The van der Waals surface area contributed by atoms with Crippen LogP contribution >= 0.6 is 0 Å². The third-order valence-electron chi connectivity index (χ3n) is 13.0. The van der Waals surface area contributed by atoms with Crippen LogP contribution in [0.25, 0.3) is 0 Å². The number of fused-ring (bicyclic) bond motifs is 1. The number of amidine groups is 2. The number of benzene rings is 3. The number of ether oxygens (including phenoxy) is 4. The standard InChI is InChI=1S/C54H69N11O9/c1-36(60-48(67)38-12-9-13-41(31-38)63-54(51(56)62-47(55)44-19-22-57-35-59-44)20-24-64(25-21-54)52(70)74-53(2,3)4)37-11-10-14-42(33-37)73-27-8-6-5-7-26-71-29-30-72-28-23-58-40-15-16-43-39(32-40)34-65(50(43)69)45-17-18-46(66)61-49(45)68/h9-16,19,22,31-33,35-36,45,58,63H,5-8,17-18,20-21,23-30,34H2,1-4H3,(H,60,67)(H3,55,56,62)(H,61,66,68)/t36-,45?/m1/s1. The largest absolute Gasteiger partial charge is 0.494 e. The van der Waals surface area contributed by atoms with Gasteiger partial charge in [-0.2, -0.15) is 0 Å². The summed E-state index contributed by atoms with van der Waals surface area (Å²) in [5, 5.41) is 33.0. The van der Waals surface area contributed by atoms with Gasteiger partial charge in [0.1, 0.15) is 41.1 Å². The number of nitrogens with zero attached hydrogens (tertiary/aromatic N) is 4. The van der Waals surface area contributed by atoms with Crippen LogP contribution in [0.1, 0.15) is 123 Å². The number of imide groups is 1. The molecule has 74 heavy (non-hydrogen) atoms. The van der Waals surface area contributed by atoms with Crippen molar-refractivity contribution in [2.24, 2.45) is 0 Å².